The average molecular weight is 327 g/mol. The molecule has 0 spiro atoms. The number of amides is 1. The minimum atomic E-state index is -0.0187. The Morgan fingerprint density at radius 3 is 2.96 bits per heavy atom. The quantitative estimate of drug-likeness (QED) is 0.782. The first-order chi connectivity index (χ1) is 11.1. The molecule has 7 heteroatoms. The zero-order valence-corrected chi connectivity index (χ0v) is 13.7. The number of thiazole rings is 1. The second-order valence-corrected chi connectivity index (χ2v) is 6.30. The van der Waals surface area contributed by atoms with Gasteiger partial charge in [-0.05, 0) is 12.1 Å². The van der Waals surface area contributed by atoms with Crippen LogP contribution in [0.15, 0.2) is 42.2 Å². The molecule has 0 unspecified atom stereocenters. The predicted octanol–water partition coefficient (Wildman–Crippen LogP) is 2.80. The molecule has 0 bridgehead atoms. The van der Waals surface area contributed by atoms with Crippen molar-refractivity contribution < 1.29 is 4.79 Å². The molecule has 0 saturated carbocycles. The maximum absolute atomic E-state index is 12.6. The van der Waals surface area contributed by atoms with Gasteiger partial charge in [-0.2, -0.15) is 5.10 Å². The molecule has 0 aliphatic rings. The highest BCUT2D eigenvalue weighted by Gasteiger charge is 2.17. The zero-order chi connectivity index (χ0) is 16.2. The molecule has 0 aliphatic heterocycles. The highest BCUT2D eigenvalue weighted by atomic mass is 32.1. The van der Waals surface area contributed by atoms with Gasteiger partial charge in [-0.1, -0.05) is 19.1 Å². The van der Waals surface area contributed by atoms with Gasteiger partial charge in [-0.3, -0.25) is 9.89 Å². The Bertz CT molecular complexity index is 770. The van der Waals surface area contributed by atoms with Crippen LogP contribution in [-0.4, -0.2) is 44.6 Å². The van der Waals surface area contributed by atoms with Crippen LogP contribution in [0.1, 0.15) is 28.2 Å². The Hall–Kier alpha value is -2.54. The number of carbonyl (C=O) groups excluding carboxylic acids is 1. The molecule has 0 fully saturated rings. The molecule has 3 aromatic rings. The third-order valence-corrected chi connectivity index (χ3v) is 4.57. The van der Waals surface area contributed by atoms with E-state index >= 15 is 0 Å². The first-order valence-corrected chi connectivity index (χ1v) is 8.14. The molecule has 0 aliphatic carbocycles. The van der Waals surface area contributed by atoms with Crippen LogP contribution < -0.4 is 0 Å². The molecule has 0 radical (unpaired) electrons. The third kappa shape index (κ3) is 3.45. The van der Waals surface area contributed by atoms with Gasteiger partial charge >= 0.3 is 0 Å². The summed E-state index contributed by atoms with van der Waals surface area (Å²) in [5.74, 6) is 0.842. The minimum absolute atomic E-state index is 0.0187. The van der Waals surface area contributed by atoms with Crippen LogP contribution in [0.5, 0.6) is 0 Å². The highest BCUT2D eigenvalue weighted by molar-refractivity contribution is 7.09. The lowest BCUT2D eigenvalue weighted by molar-refractivity contribution is 0.0788. The molecule has 1 atom stereocenters. The van der Waals surface area contributed by atoms with E-state index in [0.29, 0.717) is 17.9 Å². The number of hydrogen-bond acceptors (Lipinski definition) is 5. The number of likely N-dealkylation sites (N-methyl/N-ethyl adjacent to an activating group) is 1. The fraction of sp³-hybridized carbons (Fsp3) is 0.250. The number of H-pyrrole nitrogens is 1. The molecular weight excluding hydrogens is 310 g/mol. The molecular formula is C16H17N5OS. The van der Waals surface area contributed by atoms with Gasteiger partial charge in [0, 0.05) is 42.2 Å². The number of benzene rings is 1. The van der Waals surface area contributed by atoms with Crippen molar-refractivity contribution in [1.82, 2.24) is 25.1 Å². The normalized spacial score (nSPS) is 12.1. The molecule has 2 aromatic heterocycles. The largest absolute Gasteiger partial charge is 0.341 e. The van der Waals surface area contributed by atoms with Crippen LogP contribution in [-0.2, 0) is 0 Å². The first kappa shape index (κ1) is 15.4. The van der Waals surface area contributed by atoms with Gasteiger partial charge in [-0.25, -0.2) is 9.97 Å². The van der Waals surface area contributed by atoms with E-state index in [0.717, 1.165) is 10.6 Å². The zero-order valence-electron chi connectivity index (χ0n) is 12.9. The highest BCUT2D eigenvalue weighted by Crippen LogP contribution is 2.20. The van der Waals surface area contributed by atoms with Crippen LogP contribution in [0, 0.1) is 0 Å². The molecule has 3 rings (SSSR count). The van der Waals surface area contributed by atoms with Gasteiger partial charge in [0.15, 0.2) is 5.82 Å². The average Bonchev–Trinajstić information content (AvgIpc) is 3.27. The Morgan fingerprint density at radius 1 is 1.39 bits per heavy atom. The smallest absolute Gasteiger partial charge is 0.253 e. The number of nitrogens with zero attached hydrogens (tertiary/aromatic N) is 4. The van der Waals surface area contributed by atoms with E-state index in [1.807, 2.05) is 36.7 Å². The van der Waals surface area contributed by atoms with Crippen LogP contribution in [0.2, 0.25) is 0 Å². The van der Waals surface area contributed by atoms with Crippen LogP contribution in [0.3, 0.4) is 0 Å². The van der Waals surface area contributed by atoms with Crippen molar-refractivity contribution in [2.24, 2.45) is 0 Å². The summed E-state index contributed by atoms with van der Waals surface area (Å²) in [6.45, 7) is 2.70. The van der Waals surface area contributed by atoms with Crippen LogP contribution in [0.4, 0.5) is 0 Å². The second kappa shape index (κ2) is 6.70. The topological polar surface area (TPSA) is 74.8 Å². The number of hydrogen-bond donors (Lipinski definition) is 1. The molecule has 1 N–H and O–H groups in total. The summed E-state index contributed by atoms with van der Waals surface area (Å²) in [5, 5.41) is 9.64. The predicted molar refractivity (Wildman–Crippen MR) is 89.3 cm³/mol. The van der Waals surface area contributed by atoms with Crippen molar-refractivity contribution in [1.29, 1.82) is 0 Å². The van der Waals surface area contributed by atoms with Crippen molar-refractivity contribution >= 4 is 17.2 Å². The summed E-state index contributed by atoms with van der Waals surface area (Å²) in [7, 11) is 1.81. The summed E-state index contributed by atoms with van der Waals surface area (Å²) in [6.07, 6.45) is 3.24. The SMILES string of the molecule is C[C@@H](CN(C)C(=O)c1cccc(-c2ncn[nH]2)c1)c1nccs1. The molecule has 1 aromatic carbocycles. The van der Waals surface area contributed by atoms with Gasteiger partial charge in [0.2, 0.25) is 0 Å². The second-order valence-electron chi connectivity index (χ2n) is 5.37. The lowest BCUT2D eigenvalue weighted by Crippen LogP contribution is -2.30. The van der Waals surface area contributed by atoms with Gasteiger partial charge < -0.3 is 4.90 Å². The van der Waals surface area contributed by atoms with E-state index in [-0.39, 0.29) is 11.8 Å². The van der Waals surface area contributed by atoms with E-state index in [1.54, 1.807) is 22.4 Å². The molecule has 23 heavy (non-hydrogen) atoms. The van der Waals surface area contributed by atoms with Crippen LogP contribution >= 0.6 is 11.3 Å². The number of carbonyl (C=O) groups is 1. The lowest BCUT2D eigenvalue weighted by Gasteiger charge is -2.20. The number of aromatic amines is 1. The van der Waals surface area contributed by atoms with Crippen molar-refractivity contribution in [2.75, 3.05) is 13.6 Å². The van der Waals surface area contributed by atoms with E-state index in [9.17, 15) is 4.79 Å². The number of aromatic nitrogens is 4. The molecule has 118 valence electrons. The number of rotatable bonds is 5. The van der Waals surface area contributed by atoms with E-state index in [4.69, 9.17) is 0 Å². The maximum atomic E-state index is 12.6. The van der Waals surface area contributed by atoms with E-state index < -0.39 is 0 Å². The summed E-state index contributed by atoms with van der Waals surface area (Å²) < 4.78 is 0. The van der Waals surface area contributed by atoms with E-state index in [1.165, 1.54) is 6.33 Å². The lowest BCUT2D eigenvalue weighted by atomic mass is 10.1. The van der Waals surface area contributed by atoms with Crippen molar-refractivity contribution in [2.45, 2.75) is 12.8 Å². The van der Waals surface area contributed by atoms with E-state index in [2.05, 4.69) is 27.1 Å². The van der Waals surface area contributed by atoms with Crippen LogP contribution in [0.25, 0.3) is 11.4 Å². The Kier molecular flexibility index (Phi) is 4.47. The molecule has 1 amide bonds. The minimum Gasteiger partial charge on any atom is -0.341 e. The third-order valence-electron chi connectivity index (χ3n) is 3.57. The van der Waals surface area contributed by atoms with Crippen molar-refractivity contribution in [3.05, 3.63) is 52.7 Å². The molecule has 6 nitrogen and oxygen atoms in total. The van der Waals surface area contributed by atoms with Gasteiger partial charge in [0.25, 0.3) is 5.91 Å². The Morgan fingerprint density at radius 2 is 2.26 bits per heavy atom. The summed E-state index contributed by atoms with van der Waals surface area (Å²) in [6, 6.07) is 7.39. The summed E-state index contributed by atoms with van der Waals surface area (Å²) >= 11 is 1.61. The van der Waals surface area contributed by atoms with Crippen molar-refractivity contribution in [3.8, 4) is 11.4 Å². The number of nitrogens with one attached hydrogen (secondary N) is 1. The Labute approximate surface area is 138 Å². The summed E-state index contributed by atoms with van der Waals surface area (Å²) in [4.78, 5) is 22.8. The fourth-order valence-corrected chi connectivity index (χ4v) is 3.10. The van der Waals surface area contributed by atoms with Gasteiger partial charge in [0.1, 0.15) is 6.33 Å². The molecule has 2 heterocycles. The van der Waals surface area contributed by atoms with Gasteiger partial charge in [-0.15, -0.1) is 11.3 Å². The van der Waals surface area contributed by atoms with Gasteiger partial charge in [0.05, 0.1) is 5.01 Å². The maximum Gasteiger partial charge on any atom is 0.253 e. The fourth-order valence-electron chi connectivity index (χ4n) is 2.41. The Balaban J connectivity index is 1.73. The summed E-state index contributed by atoms with van der Waals surface area (Å²) in [5.41, 5.74) is 1.47. The molecule has 0 saturated heterocycles. The monoisotopic (exact) mass is 327 g/mol. The van der Waals surface area contributed by atoms with Crippen molar-refractivity contribution in [3.63, 3.8) is 0 Å². The standard InChI is InChI=1S/C16H17N5OS/c1-11(15-17-6-7-23-15)9-21(2)16(22)13-5-3-4-12(8-13)14-18-10-19-20-14/h3-8,10-11H,9H2,1-2H3,(H,18,19,20)/t11-/m0/s1. The first-order valence-electron chi connectivity index (χ1n) is 7.26.